The third kappa shape index (κ3) is 4.10. The van der Waals surface area contributed by atoms with Crippen LogP contribution in [0.15, 0.2) is 71.7 Å². The second kappa shape index (κ2) is 8.49. The minimum absolute atomic E-state index is 0.0498. The molecule has 1 amide bonds. The lowest BCUT2D eigenvalue weighted by atomic mass is 9.81. The van der Waals surface area contributed by atoms with Gasteiger partial charge in [0.2, 0.25) is 0 Å². The number of likely N-dealkylation sites (N-methyl/N-ethyl adjacent to an activating group) is 1. The number of methoxy groups -OCH3 is 1. The molecule has 1 aliphatic rings. The first-order valence-corrected chi connectivity index (χ1v) is 12.5. The smallest absolute Gasteiger partial charge is 0.266 e. The Kier molecular flexibility index (Phi) is 5.82. The summed E-state index contributed by atoms with van der Waals surface area (Å²) in [6, 6.07) is 18.3. The molecule has 7 nitrogen and oxygen atoms in total. The summed E-state index contributed by atoms with van der Waals surface area (Å²) in [6.07, 6.45) is 1.49. The van der Waals surface area contributed by atoms with Gasteiger partial charge in [-0.25, -0.2) is 13.6 Å². The first-order valence-electron chi connectivity index (χ1n) is 10.3. The van der Waals surface area contributed by atoms with Crippen LogP contribution in [0.4, 0.5) is 10.1 Å². The Balaban J connectivity index is 1.89. The Labute approximate surface area is 198 Å². The van der Waals surface area contributed by atoms with E-state index >= 15 is 0 Å². The summed E-state index contributed by atoms with van der Waals surface area (Å²) < 4.78 is 35.0. The molecule has 2 atom stereocenters. The van der Waals surface area contributed by atoms with Crippen LogP contribution in [0.25, 0.3) is 11.1 Å². The number of halogens is 1. The van der Waals surface area contributed by atoms with Gasteiger partial charge in [-0.15, -0.1) is 0 Å². The molecule has 0 fully saturated rings. The number of nitrogens with two attached hydrogens (primary N) is 1. The van der Waals surface area contributed by atoms with Gasteiger partial charge in [0.25, 0.3) is 5.91 Å². The quantitative estimate of drug-likeness (QED) is 0.530. The van der Waals surface area contributed by atoms with E-state index in [4.69, 9.17) is 10.5 Å². The van der Waals surface area contributed by atoms with Crippen LogP contribution in [-0.4, -0.2) is 47.3 Å². The fraction of sp³-hybridized carbons (Fsp3) is 0.160. The largest absolute Gasteiger partial charge is 0.497 e. The second-order valence-electron chi connectivity index (χ2n) is 8.16. The van der Waals surface area contributed by atoms with E-state index in [1.165, 1.54) is 30.4 Å². The molecule has 176 valence electrons. The molecular weight excluding hydrogens is 455 g/mol. The van der Waals surface area contributed by atoms with Crippen molar-refractivity contribution in [2.75, 3.05) is 25.1 Å². The van der Waals surface area contributed by atoms with Crippen molar-refractivity contribution < 1.29 is 18.1 Å². The molecule has 0 radical (unpaired) electrons. The highest BCUT2D eigenvalue weighted by Gasteiger charge is 2.49. The van der Waals surface area contributed by atoms with Gasteiger partial charge in [-0.3, -0.25) is 9.69 Å². The van der Waals surface area contributed by atoms with Crippen LogP contribution in [-0.2, 0) is 20.0 Å². The standard InChI is InChI=1S/C25H25FN4O3S/c1-30-23(31)25(28-24(30)27,17-8-11-19(12-9-17)29-34(3,4)32)18-10-13-22(26)21(15-18)16-6-5-7-20(14-16)33-2/h5-15H,3H2,1-2,4H3,(H2,27,28)(H,29,32). The zero-order chi connectivity index (χ0) is 24.7. The maximum absolute atomic E-state index is 14.9. The summed E-state index contributed by atoms with van der Waals surface area (Å²) in [5.41, 5.74) is 7.01. The van der Waals surface area contributed by atoms with Crippen molar-refractivity contribution in [1.29, 1.82) is 0 Å². The van der Waals surface area contributed by atoms with Gasteiger partial charge >= 0.3 is 0 Å². The fourth-order valence-corrected chi connectivity index (χ4v) is 4.61. The third-order valence-electron chi connectivity index (χ3n) is 5.64. The molecule has 3 aromatic carbocycles. The number of hydrogen-bond donors (Lipinski definition) is 2. The average Bonchev–Trinajstić information content (AvgIpc) is 3.03. The number of aliphatic imine (C=N–C) groups is 1. The van der Waals surface area contributed by atoms with Crippen molar-refractivity contribution in [1.82, 2.24) is 4.90 Å². The van der Waals surface area contributed by atoms with E-state index in [-0.39, 0.29) is 11.9 Å². The van der Waals surface area contributed by atoms with Crippen molar-refractivity contribution >= 4 is 33.1 Å². The number of nitrogens with zero attached hydrogens (tertiary/aromatic N) is 2. The summed E-state index contributed by atoms with van der Waals surface area (Å²) in [7, 11) is 0.603. The summed E-state index contributed by atoms with van der Waals surface area (Å²) in [6.45, 7) is 0. The van der Waals surface area contributed by atoms with Crippen LogP contribution >= 0.6 is 0 Å². The lowest BCUT2D eigenvalue weighted by molar-refractivity contribution is -0.129. The normalized spacial score (nSPS) is 19.5. The molecule has 3 N–H and O–H groups in total. The van der Waals surface area contributed by atoms with Gasteiger partial charge in [0.15, 0.2) is 11.5 Å². The van der Waals surface area contributed by atoms with E-state index in [2.05, 4.69) is 15.6 Å². The SMILES string of the molecule is C=S(C)(=O)Nc1ccc(C2(c3ccc(F)c(-c4cccc(OC)c4)c3)N=C(N)N(C)C2=O)cc1. The Morgan fingerprint density at radius 1 is 1.12 bits per heavy atom. The topological polar surface area (TPSA) is 97.0 Å². The Hall–Kier alpha value is -3.85. The maximum atomic E-state index is 14.9. The molecule has 1 heterocycles. The number of carbonyl (C=O) groups is 1. The first kappa shape index (κ1) is 23.3. The monoisotopic (exact) mass is 480 g/mol. The summed E-state index contributed by atoms with van der Waals surface area (Å²) in [5, 5.41) is 0. The Morgan fingerprint density at radius 2 is 1.79 bits per heavy atom. The summed E-state index contributed by atoms with van der Waals surface area (Å²) in [4.78, 5) is 19.4. The Morgan fingerprint density at radius 3 is 2.38 bits per heavy atom. The van der Waals surface area contributed by atoms with E-state index in [9.17, 15) is 13.4 Å². The van der Waals surface area contributed by atoms with Gasteiger partial charge in [-0.1, -0.05) is 30.3 Å². The van der Waals surface area contributed by atoms with Gasteiger partial charge in [-0.2, -0.15) is 0 Å². The van der Waals surface area contributed by atoms with Crippen molar-refractivity contribution in [2.45, 2.75) is 5.54 Å². The van der Waals surface area contributed by atoms with Crippen molar-refractivity contribution in [2.24, 2.45) is 10.7 Å². The average molecular weight is 481 g/mol. The maximum Gasteiger partial charge on any atom is 0.266 e. The molecule has 0 aliphatic carbocycles. The third-order valence-corrected chi connectivity index (χ3v) is 6.31. The number of rotatable bonds is 6. The van der Waals surface area contributed by atoms with E-state index in [1.54, 1.807) is 61.6 Å². The highest BCUT2D eigenvalue weighted by atomic mass is 32.2. The van der Waals surface area contributed by atoms with E-state index in [0.29, 0.717) is 33.7 Å². The van der Waals surface area contributed by atoms with Gasteiger partial charge in [0.05, 0.1) is 7.11 Å². The predicted molar refractivity (Wildman–Crippen MR) is 135 cm³/mol. The summed E-state index contributed by atoms with van der Waals surface area (Å²) >= 11 is 0. The molecule has 3 aromatic rings. The van der Waals surface area contributed by atoms with Gasteiger partial charge in [0.1, 0.15) is 11.6 Å². The minimum atomic E-state index is -2.48. The van der Waals surface area contributed by atoms with E-state index < -0.39 is 21.1 Å². The number of benzene rings is 3. The molecule has 0 spiro atoms. The number of anilines is 1. The minimum Gasteiger partial charge on any atom is -0.497 e. The van der Waals surface area contributed by atoms with Crippen molar-refractivity contribution in [3.63, 3.8) is 0 Å². The zero-order valence-corrected chi connectivity index (χ0v) is 19.9. The second-order valence-corrected chi connectivity index (χ2v) is 10.4. The van der Waals surface area contributed by atoms with Crippen molar-refractivity contribution in [3.8, 4) is 16.9 Å². The van der Waals surface area contributed by atoms with Crippen LogP contribution in [0.2, 0.25) is 0 Å². The van der Waals surface area contributed by atoms with Crippen LogP contribution in [0, 0.1) is 5.82 Å². The highest BCUT2D eigenvalue weighted by molar-refractivity contribution is 8.00. The van der Waals surface area contributed by atoms with E-state index in [0.717, 1.165) is 0 Å². The number of carbonyl (C=O) groups excluding carboxylic acids is 1. The zero-order valence-electron chi connectivity index (χ0n) is 19.0. The number of nitrogens with one attached hydrogen (secondary N) is 1. The molecule has 2 unspecified atom stereocenters. The molecule has 0 saturated heterocycles. The van der Waals surface area contributed by atoms with Crippen LogP contribution in [0.1, 0.15) is 11.1 Å². The van der Waals surface area contributed by atoms with Crippen LogP contribution in [0.5, 0.6) is 5.75 Å². The summed E-state index contributed by atoms with van der Waals surface area (Å²) in [5.74, 6) is 3.40. The first-order chi connectivity index (χ1) is 16.0. The molecular formula is C25H25FN4O3S. The molecule has 34 heavy (non-hydrogen) atoms. The number of ether oxygens (including phenoxy) is 1. The molecule has 1 aliphatic heterocycles. The number of guanidine groups is 1. The Bertz CT molecular complexity index is 1400. The molecule has 0 saturated carbocycles. The fourth-order valence-electron chi connectivity index (χ4n) is 3.98. The molecule has 9 heteroatoms. The lowest BCUT2D eigenvalue weighted by Crippen LogP contribution is -2.41. The molecule has 4 rings (SSSR count). The number of hydrogen-bond acceptors (Lipinski definition) is 5. The van der Waals surface area contributed by atoms with Crippen molar-refractivity contribution in [3.05, 3.63) is 83.7 Å². The number of amides is 1. The predicted octanol–water partition coefficient (Wildman–Crippen LogP) is 3.20. The van der Waals surface area contributed by atoms with Gasteiger partial charge < -0.3 is 15.2 Å². The van der Waals surface area contributed by atoms with Crippen LogP contribution < -0.4 is 15.2 Å². The van der Waals surface area contributed by atoms with E-state index in [1.807, 2.05) is 0 Å². The lowest BCUT2D eigenvalue weighted by Gasteiger charge is -2.27. The molecule has 0 bridgehead atoms. The van der Waals surface area contributed by atoms with Crippen LogP contribution in [0.3, 0.4) is 0 Å². The van der Waals surface area contributed by atoms with Gasteiger partial charge in [0, 0.05) is 34.3 Å². The highest BCUT2D eigenvalue weighted by Crippen LogP contribution is 2.41. The van der Waals surface area contributed by atoms with Gasteiger partial charge in [-0.05, 0) is 59.0 Å². The molecule has 0 aromatic heterocycles.